The fraction of sp³-hybridized carbons (Fsp3) is 0.571. The molecule has 0 unspecified atom stereocenters. The smallest absolute Gasteiger partial charge is 0.0939 e. The lowest BCUT2D eigenvalue weighted by molar-refractivity contribution is 0.735. The SMILES string of the molecule is CNCCN/C(=C/C#N)SC. The minimum absolute atomic E-state index is 0.852. The lowest BCUT2D eigenvalue weighted by Crippen LogP contribution is -2.23. The molecule has 2 N–H and O–H groups in total. The number of rotatable bonds is 5. The van der Waals surface area contributed by atoms with Gasteiger partial charge in [-0.15, -0.1) is 11.8 Å². The number of likely N-dealkylation sites (N-methyl/N-ethyl adjacent to an activating group) is 1. The van der Waals surface area contributed by atoms with Crippen LogP contribution in [0.3, 0.4) is 0 Å². The number of nitrogens with one attached hydrogen (secondary N) is 2. The molecule has 0 radical (unpaired) electrons. The predicted molar refractivity (Wildman–Crippen MR) is 49.1 cm³/mol. The van der Waals surface area contributed by atoms with Gasteiger partial charge in [-0.25, -0.2) is 0 Å². The van der Waals surface area contributed by atoms with Gasteiger partial charge in [0.15, 0.2) is 0 Å². The van der Waals surface area contributed by atoms with Crippen LogP contribution in [0.2, 0.25) is 0 Å². The zero-order chi connectivity index (χ0) is 8.53. The number of thioether (sulfide) groups is 1. The summed E-state index contributed by atoms with van der Waals surface area (Å²) in [6.45, 7) is 1.76. The first kappa shape index (κ1) is 10.3. The number of hydrogen-bond donors (Lipinski definition) is 2. The number of nitrogens with zero attached hydrogens (tertiary/aromatic N) is 1. The zero-order valence-electron chi connectivity index (χ0n) is 6.85. The minimum atomic E-state index is 0.852. The Kier molecular flexibility index (Phi) is 7.00. The summed E-state index contributed by atoms with van der Waals surface area (Å²) in [6.07, 6.45) is 3.45. The molecule has 0 amide bonds. The largest absolute Gasteiger partial charge is 0.378 e. The molecule has 0 fully saturated rings. The molecule has 0 atom stereocenters. The molecule has 0 saturated carbocycles. The molecule has 0 aromatic heterocycles. The molecule has 0 aliphatic rings. The Morgan fingerprint density at radius 2 is 2.36 bits per heavy atom. The van der Waals surface area contributed by atoms with Crippen LogP contribution < -0.4 is 10.6 Å². The monoisotopic (exact) mass is 171 g/mol. The molecular weight excluding hydrogens is 158 g/mol. The molecule has 0 rings (SSSR count). The van der Waals surface area contributed by atoms with Crippen molar-refractivity contribution in [3.05, 3.63) is 11.1 Å². The molecule has 62 valence electrons. The summed E-state index contributed by atoms with van der Waals surface area (Å²) in [6, 6.07) is 1.98. The molecule has 0 spiro atoms. The maximum atomic E-state index is 8.33. The summed E-state index contributed by atoms with van der Waals surface area (Å²) in [7, 11) is 1.90. The molecule has 11 heavy (non-hydrogen) atoms. The lowest BCUT2D eigenvalue weighted by Gasteiger charge is -2.05. The fourth-order valence-electron chi connectivity index (χ4n) is 0.551. The Balaban J connectivity index is 3.55. The molecule has 0 bridgehead atoms. The molecule has 0 aromatic carbocycles. The summed E-state index contributed by atoms with van der Waals surface area (Å²) in [5, 5.41) is 15.4. The average Bonchev–Trinajstić information content (AvgIpc) is 2.03. The number of nitriles is 1. The van der Waals surface area contributed by atoms with Crippen molar-refractivity contribution in [2.45, 2.75) is 0 Å². The predicted octanol–water partition coefficient (Wildman–Crippen LogP) is 0.523. The van der Waals surface area contributed by atoms with Gasteiger partial charge in [-0.1, -0.05) is 0 Å². The first-order valence-electron chi connectivity index (χ1n) is 3.37. The minimum Gasteiger partial charge on any atom is -0.378 e. The van der Waals surface area contributed by atoms with Crippen molar-refractivity contribution >= 4 is 11.8 Å². The van der Waals surface area contributed by atoms with E-state index < -0.39 is 0 Å². The molecule has 0 aromatic rings. The maximum Gasteiger partial charge on any atom is 0.0939 e. The summed E-state index contributed by atoms with van der Waals surface area (Å²) in [4.78, 5) is 0. The van der Waals surface area contributed by atoms with Crippen molar-refractivity contribution in [1.29, 1.82) is 5.26 Å². The van der Waals surface area contributed by atoms with E-state index in [9.17, 15) is 0 Å². The highest BCUT2D eigenvalue weighted by Crippen LogP contribution is 2.05. The van der Waals surface area contributed by atoms with Crippen molar-refractivity contribution in [2.24, 2.45) is 0 Å². The molecule has 0 saturated heterocycles. The second-order valence-electron chi connectivity index (χ2n) is 1.87. The normalized spacial score (nSPS) is 10.8. The van der Waals surface area contributed by atoms with Gasteiger partial charge in [-0.05, 0) is 13.3 Å². The van der Waals surface area contributed by atoms with Crippen LogP contribution in [-0.4, -0.2) is 26.4 Å². The van der Waals surface area contributed by atoms with Crippen LogP contribution in [0.5, 0.6) is 0 Å². The van der Waals surface area contributed by atoms with Gasteiger partial charge in [0.1, 0.15) is 0 Å². The van der Waals surface area contributed by atoms with Crippen LogP contribution in [-0.2, 0) is 0 Å². The van der Waals surface area contributed by atoms with E-state index in [1.807, 2.05) is 19.4 Å². The average molecular weight is 171 g/mol. The van der Waals surface area contributed by atoms with Gasteiger partial charge >= 0.3 is 0 Å². The van der Waals surface area contributed by atoms with Gasteiger partial charge < -0.3 is 10.6 Å². The van der Waals surface area contributed by atoms with Crippen LogP contribution in [0.1, 0.15) is 0 Å². The van der Waals surface area contributed by atoms with Crippen molar-refractivity contribution in [2.75, 3.05) is 26.4 Å². The Bertz CT molecular complexity index is 160. The highest BCUT2D eigenvalue weighted by Gasteiger charge is 1.90. The van der Waals surface area contributed by atoms with Crippen LogP contribution in [0.4, 0.5) is 0 Å². The Labute approximate surface area is 71.9 Å². The fourth-order valence-corrected chi connectivity index (χ4v) is 0.968. The van der Waals surface area contributed by atoms with E-state index in [0.29, 0.717) is 0 Å². The van der Waals surface area contributed by atoms with E-state index >= 15 is 0 Å². The second kappa shape index (κ2) is 7.45. The van der Waals surface area contributed by atoms with Gasteiger partial charge in [-0.2, -0.15) is 5.26 Å². The first-order chi connectivity index (χ1) is 5.35. The summed E-state index contributed by atoms with van der Waals surface area (Å²) in [5.74, 6) is 0. The van der Waals surface area contributed by atoms with Crippen LogP contribution in [0, 0.1) is 11.3 Å². The topological polar surface area (TPSA) is 47.8 Å². The van der Waals surface area contributed by atoms with Crippen molar-refractivity contribution in [3.8, 4) is 6.07 Å². The van der Waals surface area contributed by atoms with Gasteiger partial charge in [0.25, 0.3) is 0 Å². The third-order valence-corrected chi connectivity index (χ3v) is 1.79. The highest BCUT2D eigenvalue weighted by atomic mass is 32.2. The Hall–Kier alpha value is -0.660. The third kappa shape index (κ3) is 5.77. The standard InChI is InChI=1S/C7H13N3S/c1-9-5-6-10-7(11-2)3-4-8/h3,9-10H,5-6H2,1-2H3/b7-3-. The highest BCUT2D eigenvalue weighted by molar-refractivity contribution is 8.02. The second-order valence-corrected chi connectivity index (χ2v) is 2.72. The van der Waals surface area contributed by atoms with E-state index in [1.165, 1.54) is 6.08 Å². The van der Waals surface area contributed by atoms with Gasteiger partial charge in [-0.3, -0.25) is 0 Å². The lowest BCUT2D eigenvalue weighted by atomic mass is 10.6. The van der Waals surface area contributed by atoms with E-state index in [1.54, 1.807) is 11.8 Å². The molecule has 0 heterocycles. The van der Waals surface area contributed by atoms with E-state index in [-0.39, 0.29) is 0 Å². The van der Waals surface area contributed by atoms with Gasteiger partial charge in [0.05, 0.1) is 11.1 Å². The zero-order valence-corrected chi connectivity index (χ0v) is 7.66. The summed E-state index contributed by atoms with van der Waals surface area (Å²) < 4.78 is 0. The number of allylic oxidation sites excluding steroid dienone is 1. The molecule has 3 nitrogen and oxygen atoms in total. The number of hydrogen-bond acceptors (Lipinski definition) is 4. The van der Waals surface area contributed by atoms with Crippen molar-refractivity contribution < 1.29 is 0 Å². The Morgan fingerprint density at radius 3 is 2.82 bits per heavy atom. The van der Waals surface area contributed by atoms with Gasteiger partial charge in [0.2, 0.25) is 0 Å². The van der Waals surface area contributed by atoms with E-state index in [4.69, 9.17) is 5.26 Å². The maximum absolute atomic E-state index is 8.33. The van der Waals surface area contributed by atoms with E-state index in [2.05, 4.69) is 10.6 Å². The quantitative estimate of drug-likeness (QED) is 0.468. The summed E-state index contributed by atoms with van der Waals surface area (Å²) in [5.41, 5.74) is 0. The van der Waals surface area contributed by atoms with Crippen LogP contribution >= 0.6 is 11.8 Å². The molecule has 0 aliphatic heterocycles. The third-order valence-electron chi connectivity index (χ3n) is 1.09. The molecule has 0 aliphatic carbocycles. The first-order valence-corrected chi connectivity index (χ1v) is 4.60. The van der Waals surface area contributed by atoms with Crippen molar-refractivity contribution in [1.82, 2.24) is 10.6 Å². The summed E-state index contributed by atoms with van der Waals surface area (Å²) >= 11 is 1.54. The van der Waals surface area contributed by atoms with Crippen molar-refractivity contribution in [3.63, 3.8) is 0 Å². The Morgan fingerprint density at radius 1 is 1.64 bits per heavy atom. The van der Waals surface area contributed by atoms with Crippen LogP contribution in [0.25, 0.3) is 0 Å². The molecule has 4 heteroatoms. The molecular formula is C7H13N3S. The van der Waals surface area contributed by atoms with Crippen LogP contribution in [0.15, 0.2) is 11.1 Å². The van der Waals surface area contributed by atoms with E-state index in [0.717, 1.165) is 18.1 Å². The van der Waals surface area contributed by atoms with Gasteiger partial charge in [0, 0.05) is 19.2 Å².